The van der Waals surface area contributed by atoms with Crippen molar-refractivity contribution in [2.75, 3.05) is 26.2 Å². The van der Waals surface area contributed by atoms with Crippen LogP contribution in [0.2, 0.25) is 0 Å². The summed E-state index contributed by atoms with van der Waals surface area (Å²) in [5, 5.41) is 11.6. The second-order valence-corrected chi connectivity index (χ2v) is 4.37. The Morgan fingerprint density at radius 2 is 2.38 bits per heavy atom. The van der Waals surface area contributed by atoms with Crippen molar-refractivity contribution in [1.29, 1.82) is 0 Å². The van der Waals surface area contributed by atoms with Gasteiger partial charge in [0.2, 0.25) is 11.8 Å². The van der Waals surface area contributed by atoms with Crippen molar-refractivity contribution in [3.63, 3.8) is 0 Å². The number of aliphatic hydroxyl groups is 1. The summed E-state index contributed by atoms with van der Waals surface area (Å²) in [7, 11) is 0. The quantitative estimate of drug-likeness (QED) is 0.672. The van der Waals surface area contributed by atoms with Gasteiger partial charge in [0, 0.05) is 32.7 Å². The van der Waals surface area contributed by atoms with Crippen LogP contribution in [0.15, 0.2) is 0 Å². The molecule has 1 fully saturated rings. The lowest BCUT2D eigenvalue weighted by Gasteiger charge is -2.14. The molecular formula is C11H20N2O3. The van der Waals surface area contributed by atoms with Crippen LogP contribution in [-0.2, 0) is 9.59 Å². The smallest absolute Gasteiger partial charge is 0.225 e. The van der Waals surface area contributed by atoms with Crippen LogP contribution < -0.4 is 5.32 Å². The van der Waals surface area contributed by atoms with E-state index in [4.69, 9.17) is 5.11 Å². The number of nitrogens with one attached hydrogen (secondary N) is 1. The van der Waals surface area contributed by atoms with Gasteiger partial charge in [-0.25, -0.2) is 0 Å². The van der Waals surface area contributed by atoms with E-state index in [2.05, 4.69) is 5.32 Å². The molecule has 1 aliphatic rings. The molecule has 1 rings (SSSR count). The molecule has 0 aliphatic carbocycles. The Bertz CT molecular complexity index is 268. The fourth-order valence-corrected chi connectivity index (χ4v) is 1.74. The molecule has 1 heterocycles. The molecule has 92 valence electrons. The number of aliphatic hydroxyl groups excluding tert-OH is 1. The number of hydrogen-bond acceptors (Lipinski definition) is 3. The molecule has 0 aromatic heterocycles. The number of hydrogen-bond donors (Lipinski definition) is 2. The van der Waals surface area contributed by atoms with Gasteiger partial charge in [0.25, 0.3) is 0 Å². The molecule has 0 aromatic rings. The van der Waals surface area contributed by atoms with E-state index in [-0.39, 0.29) is 30.3 Å². The lowest BCUT2D eigenvalue weighted by Crippen LogP contribution is -2.36. The Morgan fingerprint density at radius 3 is 2.88 bits per heavy atom. The van der Waals surface area contributed by atoms with Crippen molar-refractivity contribution in [3.05, 3.63) is 0 Å². The predicted octanol–water partition coefficient (Wildman–Crippen LogP) is -0.401. The fraction of sp³-hybridized carbons (Fsp3) is 0.818. The van der Waals surface area contributed by atoms with Crippen molar-refractivity contribution in [3.8, 4) is 0 Å². The minimum atomic E-state index is -0.224. The van der Waals surface area contributed by atoms with Crippen LogP contribution in [0.4, 0.5) is 0 Å². The van der Waals surface area contributed by atoms with Gasteiger partial charge in [-0.3, -0.25) is 9.59 Å². The zero-order chi connectivity index (χ0) is 12.1. The molecule has 1 aliphatic heterocycles. The number of carbonyl (C=O) groups excluding carboxylic acids is 2. The van der Waals surface area contributed by atoms with E-state index in [1.165, 1.54) is 0 Å². The number of rotatable bonds is 5. The zero-order valence-corrected chi connectivity index (χ0v) is 9.90. The predicted molar refractivity (Wildman–Crippen MR) is 59.6 cm³/mol. The Labute approximate surface area is 95.8 Å². The molecule has 2 unspecified atom stereocenters. The highest BCUT2D eigenvalue weighted by Gasteiger charge is 2.33. The van der Waals surface area contributed by atoms with Gasteiger partial charge in [-0.15, -0.1) is 0 Å². The van der Waals surface area contributed by atoms with Crippen LogP contribution in [0.25, 0.3) is 0 Å². The Kier molecular flexibility index (Phi) is 4.73. The van der Waals surface area contributed by atoms with E-state index < -0.39 is 0 Å². The molecule has 5 nitrogen and oxygen atoms in total. The molecule has 2 atom stereocenters. The number of likely N-dealkylation sites (tertiary alicyclic amines) is 1. The molecule has 5 heteroatoms. The molecule has 2 N–H and O–H groups in total. The van der Waals surface area contributed by atoms with Gasteiger partial charge in [0.05, 0.1) is 5.92 Å². The van der Waals surface area contributed by atoms with Gasteiger partial charge in [-0.1, -0.05) is 6.92 Å². The largest absolute Gasteiger partial charge is 0.396 e. The Morgan fingerprint density at radius 1 is 1.69 bits per heavy atom. The minimum Gasteiger partial charge on any atom is -0.396 e. The van der Waals surface area contributed by atoms with Crippen molar-refractivity contribution in [1.82, 2.24) is 10.2 Å². The standard InChI is InChI=1S/C11H20N2O3/c1-3-13-6-9(4-10(13)15)11(16)12-5-8(2)7-14/h8-9,14H,3-7H2,1-2H3,(H,12,16). The summed E-state index contributed by atoms with van der Waals surface area (Å²) >= 11 is 0. The van der Waals surface area contributed by atoms with Crippen LogP contribution in [0.1, 0.15) is 20.3 Å². The first-order chi connectivity index (χ1) is 7.58. The summed E-state index contributed by atoms with van der Waals surface area (Å²) in [6.07, 6.45) is 0.313. The van der Waals surface area contributed by atoms with E-state index in [1.807, 2.05) is 13.8 Å². The Hall–Kier alpha value is -1.10. The van der Waals surface area contributed by atoms with E-state index in [1.54, 1.807) is 4.90 Å². The number of nitrogens with zero attached hydrogens (tertiary/aromatic N) is 1. The summed E-state index contributed by atoms with van der Waals surface area (Å²) in [4.78, 5) is 24.8. The van der Waals surface area contributed by atoms with Crippen molar-refractivity contribution in [2.45, 2.75) is 20.3 Å². The first-order valence-corrected chi connectivity index (χ1v) is 5.74. The van der Waals surface area contributed by atoms with Crippen LogP contribution in [-0.4, -0.2) is 48.1 Å². The van der Waals surface area contributed by atoms with E-state index >= 15 is 0 Å². The lowest BCUT2D eigenvalue weighted by atomic mass is 10.1. The van der Waals surface area contributed by atoms with Gasteiger partial charge in [-0.2, -0.15) is 0 Å². The summed E-state index contributed by atoms with van der Waals surface area (Å²) in [6, 6.07) is 0. The molecule has 0 aromatic carbocycles. The first kappa shape index (κ1) is 13.0. The third-order valence-electron chi connectivity index (χ3n) is 2.90. The summed E-state index contributed by atoms with van der Waals surface area (Å²) in [5.41, 5.74) is 0. The average Bonchev–Trinajstić information content (AvgIpc) is 2.66. The fourth-order valence-electron chi connectivity index (χ4n) is 1.74. The van der Waals surface area contributed by atoms with Gasteiger partial charge in [0.15, 0.2) is 0 Å². The molecule has 0 bridgehead atoms. The molecule has 0 radical (unpaired) electrons. The molecule has 0 saturated carbocycles. The lowest BCUT2D eigenvalue weighted by molar-refractivity contribution is -0.128. The average molecular weight is 228 g/mol. The maximum atomic E-state index is 11.7. The van der Waals surface area contributed by atoms with Gasteiger partial charge >= 0.3 is 0 Å². The normalized spacial score (nSPS) is 22.3. The molecule has 2 amide bonds. The van der Waals surface area contributed by atoms with Crippen LogP contribution >= 0.6 is 0 Å². The van der Waals surface area contributed by atoms with E-state index in [0.717, 1.165) is 0 Å². The van der Waals surface area contributed by atoms with Gasteiger partial charge in [0.1, 0.15) is 0 Å². The molecule has 1 saturated heterocycles. The highest BCUT2D eigenvalue weighted by atomic mass is 16.3. The third-order valence-corrected chi connectivity index (χ3v) is 2.90. The molecule has 0 spiro atoms. The van der Waals surface area contributed by atoms with Crippen molar-refractivity contribution >= 4 is 11.8 Å². The summed E-state index contributed by atoms with van der Waals surface area (Å²) in [6.45, 7) is 5.48. The second kappa shape index (κ2) is 5.84. The SMILES string of the molecule is CCN1CC(C(=O)NCC(C)CO)CC1=O. The van der Waals surface area contributed by atoms with Gasteiger partial charge < -0.3 is 15.3 Å². The topological polar surface area (TPSA) is 69.6 Å². The van der Waals surface area contributed by atoms with Crippen LogP contribution in [0, 0.1) is 11.8 Å². The second-order valence-electron chi connectivity index (χ2n) is 4.37. The number of amides is 2. The maximum Gasteiger partial charge on any atom is 0.225 e. The summed E-state index contributed by atoms with van der Waals surface area (Å²) < 4.78 is 0. The monoisotopic (exact) mass is 228 g/mol. The van der Waals surface area contributed by atoms with E-state index in [0.29, 0.717) is 26.1 Å². The van der Waals surface area contributed by atoms with Gasteiger partial charge in [-0.05, 0) is 12.8 Å². The zero-order valence-electron chi connectivity index (χ0n) is 9.90. The highest BCUT2D eigenvalue weighted by molar-refractivity contribution is 5.89. The van der Waals surface area contributed by atoms with Crippen molar-refractivity contribution < 1.29 is 14.7 Å². The molecular weight excluding hydrogens is 208 g/mol. The number of carbonyl (C=O) groups is 2. The van der Waals surface area contributed by atoms with E-state index in [9.17, 15) is 9.59 Å². The first-order valence-electron chi connectivity index (χ1n) is 5.74. The summed E-state index contributed by atoms with van der Waals surface area (Å²) in [5.74, 6) is -0.191. The maximum absolute atomic E-state index is 11.7. The third kappa shape index (κ3) is 3.20. The molecule has 16 heavy (non-hydrogen) atoms. The Balaban J connectivity index is 2.36. The highest BCUT2D eigenvalue weighted by Crippen LogP contribution is 2.17. The van der Waals surface area contributed by atoms with Crippen LogP contribution in [0.5, 0.6) is 0 Å². The van der Waals surface area contributed by atoms with Crippen molar-refractivity contribution in [2.24, 2.45) is 11.8 Å². The van der Waals surface area contributed by atoms with Crippen LogP contribution in [0.3, 0.4) is 0 Å². The minimum absolute atomic E-state index is 0.0536.